The molecular weight excluding hydrogens is 370 g/mol. The van der Waals surface area contributed by atoms with Gasteiger partial charge in [-0.3, -0.25) is 4.79 Å². The first kappa shape index (κ1) is 21.3. The van der Waals surface area contributed by atoms with Crippen LogP contribution in [-0.4, -0.2) is 49.2 Å². The zero-order chi connectivity index (χ0) is 20.5. The van der Waals surface area contributed by atoms with Gasteiger partial charge < -0.3 is 25.0 Å². The number of amides is 3. The maximum absolute atomic E-state index is 12.6. The highest BCUT2D eigenvalue weighted by atomic mass is 16.6. The van der Waals surface area contributed by atoms with Crippen molar-refractivity contribution in [2.75, 3.05) is 26.3 Å². The third kappa shape index (κ3) is 6.27. The Morgan fingerprint density at radius 1 is 1.14 bits per heavy atom. The monoisotopic (exact) mass is 403 g/mol. The topological polar surface area (TPSA) is 79.9 Å². The number of carbonyl (C=O) groups excluding carboxylic acids is 2. The fourth-order valence-electron chi connectivity index (χ4n) is 3.92. The van der Waals surface area contributed by atoms with E-state index >= 15 is 0 Å². The molecule has 1 aliphatic carbocycles. The van der Waals surface area contributed by atoms with E-state index in [-0.39, 0.29) is 11.9 Å². The highest BCUT2D eigenvalue weighted by Crippen LogP contribution is 2.34. The minimum atomic E-state index is -0.121. The summed E-state index contributed by atoms with van der Waals surface area (Å²) < 4.78 is 11.4. The first-order valence-electron chi connectivity index (χ1n) is 10.9. The summed E-state index contributed by atoms with van der Waals surface area (Å²) in [6.45, 7) is 4.67. The fraction of sp³-hybridized carbons (Fsp3) is 0.636. The van der Waals surface area contributed by atoms with Gasteiger partial charge in [-0.15, -0.1) is 0 Å². The van der Waals surface area contributed by atoms with Gasteiger partial charge in [0.25, 0.3) is 0 Å². The molecule has 1 aliphatic heterocycles. The minimum Gasteiger partial charge on any atom is -0.486 e. The molecule has 3 amide bonds. The van der Waals surface area contributed by atoms with Crippen molar-refractivity contribution in [2.45, 2.75) is 64.5 Å². The number of benzene rings is 1. The van der Waals surface area contributed by atoms with Crippen LogP contribution in [0.3, 0.4) is 0 Å². The molecule has 1 aromatic carbocycles. The van der Waals surface area contributed by atoms with Crippen molar-refractivity contribution in [3.8, 4) is 11.5 Å². The van der Waals surface area contributed by atoms with Gasteiger partial charge >= 0.3 is 6.03 Å². The van der Waals surface area contributed by atoms with Gasteiger partial charge in [-0.1, -0.05) is 31.4 Å². The molecule has 1 saturated carbocycles. The van der Waals surface area contributed by atoms with Gasteiger partial charge in [0.1, 0.15) is 13.2 Å². The molecule has 0 bridgehead atoms. The number of nitrogens with one attached hydrogen (secondary N) is 2. The zero-order valence-corrected chi connectivity index (χ0v) is 17.4. The van der Waals surface area contributed by atoms with Crippen molar-refractivity contribution in [3.05, 3.63) is 23.8 Å². The molecule has 7 heteroatoms. The Labute approximate surface area is 173 Å². The first-order chi connectivity index (χ1) is 14.2. The van der Waals surface area contributed by atoms with Crippen LogP contribution < -0.4 is 20.1 Å². The summed E-state index contributed by atoms with van der Waals surface area (Å²) in [4.78, 5) is 26.4. The molecule has 0 unspecified atom stereocenters. The molecule has 7 nitrogen and oxygen atoms in total. The maximum atomic E-state index is 12.6. The molecule has 1 heterocycles. The molecule has 3 rings (SSSR count). The van der Waals surface area contributed by atoms with Crippen LogP contribution in [0.15, 0.2) is 18.2 Å². The molecular formula is C22H33N3O4. The standard InChI is InChI=1S/C22H33N3O4/c1-2-25(16-17-8-6-11-19-21(17)29-15-14-28-19)20(26)12-7-13-23-22(27)24-18-9-4-3-5-10-18/h6,8,11,18H,2-5,7,9-10,12-16H2,1H3,(H2,23,24,27). The molecule has 0 spiro atoms. The van der Waals surface area contributed by atoms with Gasteiger partial charge in [-0.05, 0) is 32.3 Å². The summed E-state index contributed by atoms with van der Waals surface area (Å²) in [7, 11) is 0. The predicted molar refractivity (Wildman–Crippen MR) is 111 cm³/mol. The van der Waals surface area contributed by atoms with Gasteiger partial charge in [-0.2, -0.15) is 0 Å². The molecule has 160 valence electrons. The molecule has 0 radical (unpaired) electrons. The Kier molecular flexibility index (Phi) is 8.02. The number of fused-ring (bicyclic) bond motifs is 1. The molecule has 29 heavy (non-hydrogen) atoms. The molecule has 0 saturated heterocycles. The van der Waals surface area contributed by atoms with Crippen LogP contribution in [0.4, 0.5) is 4.79 Å². The van der Waals surface area contributed by atoms with E-state index in [9.17, 15) is 9.59 Å². The molecule has 2 N–H and O–H groups in total. The summed E-state index contributed by atoms with van der Waals surface area (Å²) in [5.74, 6) is 1.56. The molecule has 1 aromatic rings. The number of urea groups is 1. The summed E-state index contributed by atoms with van der Waals surface area (Å²) in [6.07, 6.45) is 6.80. The molecule has 0 aromatic heterocycles. The van der Waals surface area contributed by atoms with Crippen molar-refractivity contribution in [1.82, 2.24) is 15.5 Å². The van der Waals surface area contributed by atoms with Gasteiger partial charge in [0.15, 0.2) is 11.5 Å². The van der Waals surface area contributed by atoms with Gasteiger partial charge in [-0.25, -0.2) is 4.79 Å². The van der Waals surface area contributed by atoms with Crippen LogP contribution in [0.5, 0.6) is 11.5 Å². The van der Waals surface area contributed by atoms with Crippen LogP contribution in [0.2, 0.25) is 0 Å². The third-order valence-electron chi connectivity index (χ3n) is 5.54. The van der Waals surface area contributed by atoms with E-state index in [1.54, 1.807) is 0 Å². The number of carbonyl (C=O) groups is 2. The second kappa shape index (κ2) is 10.9. The number of rotatable bonds is 8. The second-order valence-corrected chi connectivity index (χ2v) is 7.69. The second-order valence-electron chi connectivity index (χ2n) is 7.69. The first-order valence-corrected chi connectivity index (χ1v) is 10.9. The van der Waals surface area contributed by atoms with Crippen molar-refractivity contribution in [3.63, 3.8) is 0 Å². The number of hydrogen-bond donors (Lipinski definition) is 2. The van der Waals surface area contributed by atoms with E-state index in [1.165, 1.54) is 19.3 Å². The quantitative estimate of drug-likeness (QED) is 0.653. The van der Waals surface area contributed by atoms with Crippen molar-refractivity contribution < 1.29 is 19.1 Å². The number of para-hydroxylation sites is 1. The lowest BCUT2D eigenvalue weighted by Crippen LogP contribution is -2.43. The third-order valence-corrected chi connectivity index (χ3v) is 5.54. The Bertz CT molecular complexity index is 689. The van der Waals surface area contributed by atoms with E-state index in [0.29, 0.717) is 51.7 Å². The smallest absolute Gasteiger partial charge is 0.315 e. The van der Waals surface area contributed by atoms with E-state index in [4.69, 9.17) is 9.47 Å². The minimum absolute atomic E-state index is 0.0799. The summed E-state index contributed by atoms with van der Waals surface area (Å²) >= 11 is 0. The zero-order valence-electron chi connectivity index (χ0n) is 17.4. The summed E-state index contributed by atoms with van der Waals surface area (Å²) in [6, 6.07) is 5.96. The van der Waals surface area contributed by atoms with Crippen LogP contribution in [-0.2, 0) is 11.3 Å². The Balaban J connectivity index is 1.40. The Hall–Kier alpha value is -2.44. The van der Waals surface area contributed by atoms with Crippen LogP contribution in [0, 0.1) is 0 Å². The van der Waals surface area contributed by atoms with Crippen molar-refractivity contribution in [1.29, 1.82) is 0 Å². The largest absolute Gasteiger partial charge is 0.486 e. The highest BCUT2D eigenvalue weighted by molar-refractivity contribution is 5.77. The van der Waals surface area contributed by atoms with E-state index in [0.717, 1.165) is 29.9 Å². The van der Waals surface area contributed by atoms with Crippen molar-refractivity contribution in [2.24, 2.45) is 0 Å². The number of ether oxygens (including phenoxy) is 2. The lowest BCUT2D eigenvalue weighted by atomic mass is 9.96. The lowest BCUT2D eigenvalue weighted by molar-refractivity contribution is -0.131. The summed E-state index contributed by atoms with van der Waals surface area (Å²) in [5.41, 5.74) is 0.961. The van der Waals surface area contributed by atoms with E-state index < -0.39 is 0 Å². The number of hydrogen-bond acceptors (Lipinski definition) is 4. The maximum Gasteiger partial charge on any atom is 0.315 e. The van der Waals surface area contributed by atoms with Crippen molar-refractivity contribution >= 4 is 11.9 Å². The van der Waals surface area contributed by atoms with Crippen LogP contribution >= 0.6 is 0 Å². The van der Waals surface area contributed by atoms with E-state index in [1.807, 2.05) is 30.0 Å². The average molecular weight is 404 g/mol. The number of nitrogens with zero attached hydrogens (tertiary/aromatic N) is 1. The fourth-order valence-corrected chi connectivity index (χ4v) is 3.92. The van der Waals surface area contributed by atoms with Gasteiger partial charge in [0, 0.05) is 37.7 Å². The molecule has 0 atom stereocenters. The predicted octanol–water partition coefficient (Wildman–Crippen LogP) is 3.22. The normalized spacial score (nSPS) is 16.2. The SMILES string of the molecule is CCN(Cc1cccc2c1OCCO2)C(=O)CCCNC(=O)NC1CCCCC1. The van der Waals surface area contributed by atoms with E-state index in [2.05, 4.69) is 10.6 Å². The average Bonchev–Trinajstić information content (AvgIpc) is 2.75. The lowest BCUT2D eigenvalue weighted by Gasteiger charge is -2.25. The van der Waals surface area contributed by atoms with Crippen LogP contribution in [0.1, 0.15) is 57.4 Å². The van der Waals surface area contributed by atoms with Gasteiger partial charge in [0.05, 0.1) is 0 Å². The Morgan fingerprint density at radius 2 is 1.93 bits per heavy atom. The highest BCUT2D eigenvalue weighted by Gasteiger charge is 2.20. The van der Waals surface area contributed by atoms with Gasteiger partial charge in [0.2, 0.25) is 5.91 Å². The molecule has 2 aliphatic rings. The Morgan fingerprint density at radius 3 is 2.72 bits per heavy atom. The summed E-state index contributed by atoms with van der Waals surface area (Å²) in [5, 5.41) is 5.91. The van der Waals surface area contributed by atoms with Crippen LogP contribution in [0.25, 0.3) is 0 Å². The molecule has 1 fully saturated rings.